The number of hydrogen-bond acceptors (Lipinski definition) is 5. The van der Waals surface area contributed by atoms with E-state index in [0.29, 0.717) is 40.5 Å². The average Bonchev–Trinajstić information content (AvgIpc) is 3.06. The van der Waals surface area contributed by atoms with E-state index >= 15 is 0 Å². The Balaban J connectivity index is 2.84. The van der Waals surface area contributed by atoms with Gasteiger partial charge in [0.25, 0.3) is 5.91 Å². The van der Waals surface area contributed by atoms with Crippen molar-refractivity contribution in [3.63, 3.8) is 0 Å². The van der Waals surface area contributed by atoms with Gasteiger partial charge < -0.3 is 15.0 Å². The van der Waals surface area contributed by atoms with Gasteiger partial charge in [0.05, 0.1) is 16.5 Å². The molecule has 182 valence electrons. The number of carbonyl (C=O) groups excluding carboxylic acids is 3. The Kier molecular flexibility index (Phi) is 13.2. The van der Waals surface area contributed by atoms with Crippen LogP contribution in [0.15, 0.2) is 0 Å². The highest BCUT2D eigenvalue weighted by atomic mass is 32.1. The molecule has 0 bridgehead atoms. The van der Waals surface area contributed by atoms with Crippen LogP contribution in [0.25, 0.3) is 0 Å². The van der Waals surface area contributed by atoms with E-state index in [0.717, 1.165) is 19.3 Å². The van der Waals surface area contributed by atoms with Crippen LogP contribution in [0.3, 0.4) is 0 Å². The van der Waals surface area contributed by atoms with Gasteiger partial charge in [-0.2, -0.15) is 0 Å². The van der Waals surface area contributed by atoms with Gasteiger partial charge in [0.15, 0.2) is 0 Å². The van der Waals surface area contributed by atoms with Crippen molar-refractivity contribution >= 4 is 34.1 Å². The van der Waals surface area contributed by atoms with Crippen LogP contribution >= 0.6 is 11.3 Å². The highest BCUT2D eigenvalue weighted by Crippen LogP contribution is 2.35. The molecule has 0 saturated carbocycles. The van der Waals surface area contributed by atoms with Crippen molar-refractivity contribution in [3.05, 3.63) is 16.0 Å². The Morgan fingerprint density at radius 3 is 2.03 bits per heavy atom. The maximum absolute atomic E-state index is 12.9. The fourth-order valence-electron chi connectivity index (χ4n) is 3.59. The predicted octanol–water partition coefficient (Wildman–Crippen LogP) is 6.57. The van der Waals surface area contributed by atoms with Crippen molar-refractivity contribution in [1.82, 2.24) is 4.90 Å². The number of hydrogen-bond donors (Lipinski definition) is 1. The van der Waals surface area contributed by atoms with E-state index in [1.807, 2.05) is 13.8 Å². The number of rotatable bonds is 15. The highest BCUT2D eigenvalue weighted by molar-refractivity contribution is 7.18. The zero-order valence-corrected chi connectivity index (χ0v) is 21.7. The lowest BCUT2D eigenvalue weighted by Crippen LogP contribution is -2.30. The van der Waals surface area contributed by atoms with Crippen LogP contribution in [-0.2, 0) is 9.53 Å². The van der Waals surface area contributed by atoms with Crippen molar-refractivity contribution in [2.75, 3.05) is 18.4 Å². The smallest absolute Gasteiger partial charge is 0.341 e. The first kappa shape index (κ1) is 28.1. The molecule has 0 unspecified atom stereocenters. The first-order chi connectivity index (χ1) is 15.3. The molecule has 1 aromatic heterocycles. The van der Waals surface area contributed by atoms with Crippen LogP contribution < -0.4 is 5.32 Å². The molecule has 0 aliphatic carbocycles. The molecular formula is C25H42N2O4S. The van der Waals surface area contributed by atoms with Crippen molar-refractivity contribution in [2.24, 2.45) is 0 Å². The lowest BCUT2D eigenvalue weighted by Gasteiger charge is -2.18. The molecule has 7 heteroatoms. The number of thiophene rings is 1. The van der Waals surface area contributed by atoms with Crippen LogP contribution in [0.2, 0.25) is 0 Å². The second-order valence-corrected chi connectivity index (χ2v) is 9.49. The van der Waals surface area contributed by atoms with Crippen LogP contribution in [0.1, 0.15) is 118 Å². The van der Waals surface area contributed by atoms with E-state index in [4.69, 9.17) is 4.74 Å². The van der Waals surface area contributed by atoms with E-state index in [1.165, 1.54) is 43.4 Å². The molecule has 1 N–H and O–H groups in total. The van der Waals surface area contributed by atoms with Gasteiger partial charge in [-0.3, -0.25) is 9.59 Å². The topological polar surface area (TPSA) is 75.7 Å². The minimum absolute atomic E-state index is 0.125. The number of unbranched alkanes of at least 4 members (excludes halogenated alkanes) is 7. The van der Waals surface area contributed by atoms with Gasteiger partial charge in [-0.1, -0.05) is 51.9 Å². The second kappa shape index (κ2) is 15.0. The zero-order valence-electron chi connectivity index (χ0n) is 20.8. The summed E-state index contributed by atoms with van der Waals surface area (Å²) in [5, 5.41) is 3.29. The van der Waals surface area contributed by atoms with Gasteiger partial charge in [-0.25, -0.2) is 4.79 Å². The predicted molar refractivity (Wildman–Crippen MR) is 133 cm³/mol. The maximum atomic E-state index is 12.9. The van der Waals surface area contributed by atoms with E-state index < -0.39 is 5.97 Å². The van der Waals surface area contributed by atoms with Crippen LogP contribution in [0.4, 0.5) is 5.00 Å². The number of esters is 1. The molecular weight excluding hydrogens is 424 g/mol. The highest BCUT2D eigenvalue weighted by Gasteiger charge is 2.28. The first-order valence-electron chi connectivity index (χ1n) is 12.2. The summed E-state index contributed by atoms with van der Waals surface area (Å²) in [6.07, 6.45) is 9.42. The van der Waals surface area contributed by atoms with Crippen molar-refractivity contribution < 1.29 is 19.1 Å². The molecule has 0 aromatic carbocycles. The molecule has 0 aliphatic rings. The van der Waals surface area contributed by atoms with Crippen molar-refractivity contribution in [1.29, 1.82) is 0 Å². The summed E-state index contributed by atoms with van der Waals surface area (Å²) in [7, 11) is 0. The lowest BCUT2D eigenvalue weighted by molar-refractivity contribution is -0.116. The SMILES string of the molecule is CCCCCCCCCCC(=O)Nc1sc(C(=O)N(CC)CC)c(C)c1C(=O)OC(C)C. The van der Waals surface area contributed by atoms with E-state index in [-0.39, 0.29) is 17.9 Å². The molecule has 2 amide bonds. The monoisotopic (exact) mass is 466 g/mol. The number of amides is 2. The van der Waals surface area contributed by atoms with Gasteiger partial charge in [0.2, 0.25) is 5.91 Å². The van der Waals surface area contributed by atoms with E-state index in [1.54, 1.807) is 25.7 Å². The molecule has 0 spiro atoms. The Bertz CT molecular complexity index is 739. The standard InChI is InChI=1S/C25H42N2O4S/c1-7-10-11-12-13-14-15-16-17-20(28)26-23-21(25(30)31-18(4)5)19(6)22(32-23)24(29)27(8-2)9-3/h18H,7-17H2,1-6H3,(H,26,28). The van der Waals surface area contributed by atoms with Gasteiger partial charge >= 0.3 is 5.97 Å². The summed E-state index contributed by atoms with van der Waals surface area (Å²) < 4.78 is 5.39. The minimum Gasteiger partial charge on any atom is -0.459 e. The Hall–Kier alpha value is -1.89. The average molecular weight is 467 g/mol. The second-order valence-electron chi connectivity index (χ2n) is 8.46. The third kappa shape index (κ3) is 8.93. The molecule has 0 fully saturated rings. The number of anilines is 1. The molecule has 0 aliphatic heterocycles. The number of carbonyl (C=O) groups is 3. The molecule has 0 atom stereocenters. The van der Waals surface area contributed by atoms with Gasteiger partial charge in [-0.05, 0) is 46.6 Å². The van der Waals surface area contributed by atoms with Gasteiger partial charge in [0, 0.05) is 19.5 Å². The summed E-state index contributed by atoms with van der Waals surface area (Å²) in [4.78, 5) is 40.4. The Morgan fingerprint density at radius 2 is 1.50 bits per heavy atom. The minimum atomic E-state index is -0.505. The van der Waals surface area contributed by atoms with Crippen molar-refractivity contribution in [3.8, 4) is 0 Å². The summed E-state index contributed by atoms with van der Waals surface area (Å²) >= 11 is 1.17. The lowest BCUT2D eigenvalue weighted by atomic mass is 10.1. The van der Waals surface area contributed by atoms with Crippen LogP contribution in [-0.4, -0.2) is 41.9 Å². The molecule has 6 nitrogen and oxygen atoms in total. The third-order valence-electron chi connectivity index (χ3n) is 5.45. The fourth-order valence-corrected chi connectivity index (χ4v) is 4.77. The summed E-state index contributed by atoms with van der Waals surface area (Å²) in [5.74, 6) is -0.757. The molecule has 1 rings (SSSR count). The maximum Gasteiger partial charge on any atom is 0.341 e. The Morgan fingerprint density at radius 1 is 0.938 bits per heavy atom. The Labute approximate surface area is 198 Å². The van der Waals surface area contributed by atoms with Crippen LogP contribution in [0.5, 0.6) is 0 Å². The molecule has 0 saturated heterocycles. The molecule has 0 radical (unpaired) electrons. The van der Waals surface area contributed by atoms with Crippen LogP contribution in [0, 0.1) is 6.92 Å². The fraction of sp³-hybridized carbons (Fsp3) is 0.720. The summed E-state index contributed by atoms with van der Waals surface area (Å²) in [6.45, 7) is 12.5. The van der Waals surface area contributed by atoms with Gasteiger partial charge in [0.1, 0.15) is 5.00 Å². The normalized spacial score (nSPS) is 11.0. The van der Waals surface area contributed by atoms with E-state index in [2.05, 4.69) is 12.2 Å². The number of ether oxygens (including phenoxy) is 1. The first-order valence-corrected chi connectivity index (χ1v) is 13.0. The van der Waals surface area contributed by atoms with Crippen molar-refractivity contribution in [2.45, 2.75) is 105 Å². The van der Waals surface area contributed by atoms with Gasteiger partial charge in [-0.15, -0.1) is 11.3 Å². The molecule has 1 aromatic rings. The number of nitrogens with one attached hydrogen (secondary N) is 1. The number of nitrogens with zero attached hydrogens (tertiary/aromatic N) is 1. The largest absolute Gasteiger partial charge is 0.459 e. The summed E-state index contributed by atoms with van der Waals surface area (Å²) in [5.41, 5.74) is 0.864. The summed E-state index contributed by atoms with van der Waals surface area (Å²) in [6, 6.07) is 0. The molecule has 32 heavy (non-hydrogen) atoms. The third-order valence-corrected chi connectivity index (χ3v) is 6.64. The zero-order chi connectivity index (χ0) is 24.1. The molecule has 1 heterocycles. The van der Waals surface area contributed by atoms with E-state index in [9.17, 15) is 14.4 Å². The quantitative estimate of drug-likeness (QED) is 0.234.